The van der Waals surface area contributed by atoms with Crippen LogP contribution in [0.2, 0.25) is 0 Å². The normalized spacial score (nSPS) is 14.6. The molecule has 0 radical (unpaired) electrons. The van der Waals surface area contributed by atoms with E-state index in [1.807, 2.05) is 35.7 Å². The van der Waals surface area contributed by atoms with Crippen LogP contribution in [0.3, 0.4) is 0 Å². The van der Waals surface area contributed by atoms with Gasteiger partial charge in [-0.3, -0.25) is 4.39 Å². The molecule has 33 heavy (non-hydrogen) atoms. The molecule has 1 saturated heterocycles. The van der Waals surface area contributed by atoms with Crippen molar-refractivity contribution >= 4 is 11.2 Å². The maximum Gasteiger partial charge on any atom is 0.132 e. The Morgan fingerprint density at radius 2 is 1.85 bits per heavy atom. The molecule has 3 heterocycles. The van der Waals surface area contributed by atoms with E-state index in [-0.39, 0.29) is 6.67 Å². The predicted molar refractivity (Wildman–Crippen MR) is 130 cm³/mol. The molecule has 0 spiro atoms. The van der Waals surface area contributed by atoms with E-state index in [9.17, 15) is 4.39 Å². The van der Waals surface area contributed by atoms with Crippen LogP contribution in [0.15, 0.2) is 30.3 Å². The summed E-state index contributed by atoms with van der Waals surface area (Å²) >= 11 is 0. The molecule has 1 fully saturated rings. The van der Waals surface area contributed by atoms with E-state index in [1.54, 1.807) is 14.2 Å². The standard InChI is InChI=1S/C26H34FN3O3/c1-5-20-26(29(13-7-12-27)19-10-14-33-15-11-19)22-9-6-8-21(30(22)28-20)25-23(31-3)16-18(2)17-24(25)32-4/h6,8-9,16-17,19H,5,7,10-15H2,1-4H3. The first-order valence-corrected chi connectivity index (χ1v) is 11.8. The minimum absolute atomic E-state index is 0.315. The summed E-state index contributed by atoms with van der Waals surface area (Å²) in [6.45, 7) is 5.95. The number of hydrogen-bond acceptors (Lipinski definition) is 5. The summed E-state index contributed by atoms with van der Waals surface area (Å²) in [6, 6.07) is 10.5. The zero-order chi connectivity index (χ0) is 23.4. The fourth-order valence-electron chi connectivity index (χ4n) is 4.84. The number of ether oxygens (including phenoxy) is 3. The number of benzene rings is 1. The summed E-state index contributed by atoms with van der Waals surface area (Å²) in [5, 5.41) is 5.04. The van der Waals surface area contributed by atoms with Crippen LogP contribution in [0.25, 0.3) is 16.8 Å². The van der Waals surface area contributed by atoms with Crippen molar-refractivity contribution in [3.05, 3.63) is 41.6 Å². The van der Waals surface area contributed by atoms with E-state index in [2.05, 4.69) is 17.9 Å². The van der Waals surface area contributed by atoms with Gasteiger partial charge < -0.3 is 19.1 Å². The van der Waals surface area contributed by atoms with Gasteiger partial charge in [-0.05, 0) is 62.4 Å². The molecular weight excluding hydrogens is 421 g/mol. The number of hydrogen-bond donors (Lipinski definition) is 0. The Balaban J connectivity index is 1.92. The van der Waals surface area contributed by atoms with Crippen molar-refractivity contribution in [1.82, 2.24) is 9.61 Å². The number of pyridine rings is 1. The summed E-state index contributed by atoms with van der Waals surface area (Å²) in [5.74, 6) is 1.49. The Hall–Kier alpha value is -2.80. The number of anilines is 1. The Labute approximate surface area is 195 Å². The third-order valence-corrected chi connectivity index (χ3v) is 6.39. The highest BCUT2D eigenvalue weighted by atomic mass is 19.1. The Morgan fingerprint density at radius 3 is 2.45 bits per heavy atom. The van der Waals surface area contributed by atoms with Crippen LogP contribution < -0.4 is 14.4 Å². The van der Waals surface area contributed by atoms with Gasteiger partial charge in [0.15, 0.2) is 0 Å². The molecule has 0 saturated carbocycles. The van der Waals surface area contributed by atoms with Crippen molar-refractivity contribution in [3.63, 3.8) is 0 Å². The zero-order valence-corrected chi connectivity index (χ0v) is 20.1. The molecule has 0 unspecified atom stereocenters. The number of rotatable bonds is 9. The van der Waals surface area contributed by atoms with Gasteiger partial charge in [-0.25, -0.2) is 4.52 Å². The van der Waals surface area contributed by atoms with Crippen LogP contribution >= 0.6 is 0 Å². The summed E-state index contributed by atoms with van der Waals surface area (Å²) in [5.41, 5.74) is 5.96. The molecule has 3 aromatic rings. The highest BCUT2D eigenvalue weighted by Crippen LogP contribution is 2.41. The monoisotopic (exact) mass is 455 g/mol. The lowest BCUT2D eigenvalue weighted by atomic mass is 10.0. The van der Waals surface area contributed by atoms with Crippen molar-refractivity contribution in [2.45, 2.75) is 45.6 Å². The van der Waals surface area contributed by atoms with Gasteiger partial charge in [-0.15, -0.1) is 0 Å². The number of aromatic nitrogens is 2. The summed E-state index contributed by atoms with van der Waals surface area (Å²) in [6.07, 6.45) is 3.16. The maximum atomic E-state index is 13.2. The largest absolute Gasteiger partial charge is 0.496 e. The van der Waals surface area contributed by atoms with Crippen molar-refractivity contribution in [3.8, 4) is 22.8 Å². The average Bonchev–Trinajstić information content (AvgIpc) is 3.23. The van der Waals surface area contributed by atoms with E-state index < -0.39 is 0 Å². The van der Waals surface area contributed by atoms with Crippen molar-refractivity contribution in [1.29, 1.82) is 0 Å². The van der Waals surface area contributed by atoms with Gasteiger partial charge in [0, 0.05) is 25.8 Å². The second kappa shape index (κ2) is 10.4. The predicted octanol–water partition coefficient (Wildman–Crippen LogP) is 5.23. The van der Waals surface area contributed by atoms with Gasteiger partial charge in [-0.1, -0.05) is 13.0 Å². The van der Waals surface area contributed by atoms with E-state index in [0.29, 0.717) is 19.0 Å². The third-order valence-electron chi connectivity index (χ3n) is 6.39. The number of halogens is 1. The number of nitrogens with zero attached hydrogens (tertiary/aromatic N) is 3. The molecule has 0 atom stereocenters. The minimum atomic E-state index is -0.330. The van der Waals surface area contributed by atoms with Crippen LogP contribution in [0.4, 0.5) is 10.1 Å². The first-order valence-electron chi connectivity index (χ1n) is 11.8. The zero-order valence-electron chi connectivity index (χ0n) is 20.1. The topological polar surface area (TPSA) is 48.2 Å². The van der Waals surface area contributed by atoms with Gasteiger partial charge in [0.1, 0.15) is 11.5 Å². The SMILES string of the molecule is CCc1nn2c(-c3c(OC)cc(C)cc3OC)cccc2c1N(CCCF)C1CCOCC1. The first-order chi connectivity index (χ1) is 16.1. The van der Waals surface area contributed by atoms with E-state index in [4.69, 9.17) is 19.3 Å². The molecule has 4 rings (SSSR count). The summed E-state index contributed by atoms with van der Waals surface area (Å²) in [7, 11) is 3.35. The molecule has 7 heteroatoms. The van der Waals surface area contributed by atoms with Crippen molar-refractivity contribution in [2.24, 2.45) is 0 Å². The molecule has 0 bridgehead atoms. The van der Waals surface area contributed by atoms with E-state index in [1.165, 1.54) is 0 Å². The number of aryl methyl sites for hydroxylation is 2. The van der Waals surface area contributed by atoms with Gasteiger partial charge in [0.2, 0.25) is 0 Å². The van der Waals surface area contributed by atoms with Gasteiger partial charge in [0.25, 0.3) is 0 Å². The number of alkyl halides is 1. The molecule has 178 valence electrons. The molecule has 0 N–H and O–H groups in total. The summed E-state index contributed by atoms with van der Waals surface area (Å²) in [4.78, 5) is 2.37. The lowest BCUT2D eigenvalue weighted by molar-refractivity contribution is 0.0843. The van der Waals surface area contributed by atoms with Gasteiger partial charge in [0.05, 0.1) is 49.0 Å². The highest BCUT2D eigenvalue weighted by Gasteiger charge is 2.28. The molecule has 0 aliphatic carbocycles. The van der Waals surface area contributed by atoms with E-state index >= 15 is 0 Å². The lowest BCUT2D eigenvalue weighted by Crippen LogP contribution is -2.40. The van der Waals surface area contributed by atoms with E-state index in [0.717, 1.165) is 77.7 Å². The van der Waals surface area contributed by atoms with Crippen LogP contribution in [0, 0.1) is 6.92 Å². The van der Waals surface area contributed by atoms with Crippen LogP contribution in [0.5, 0.6) is 11.5 Å². The molecular formula is C26H34FN3O3. The summed E-state index contributed by atoms with van der Waals surface area (Å²) < 4.78 is 32.3. The second-order valence-corrected chi connectivity index (χ2v) is 8.48. The van der Waals surface area contributed by atoms with Crippen molar-refractivity contribution in [2.75, 3.05) is 45.6 Å². The number of methoxy groups -OCH3 is 2. The minimum Gasteiger partial charge on any atom is -0.496 e. The maximum absolute atomic E-state index is 13.2. The van der Waals surface area contributed by atoms with Crippen LogP contribution in [0.1, 0.15) is 37.4 Å². The Kier molecular flexibility index (Phi) is 7.38. The average molecular weight is 456 g/mol. The molecule has 1 aliphatic heterocycles. The molecule has 1 aliphatic rings. The fourth-order valence-corrected chi connectivity index (χ4v) is 4.84. The Bertz CT molecular complexity index is 1070. The van der Waals surface area contributed by atoms with Crippen molar-refractivity contribution < 1.29 is 18.6 Å². The second-order valence-electron chi connectivity index (χ2n) is 8.48. The third kappa shape index (κ3) is 4.51. The van der Waals surface area contributed by atoms with Crippen LogP contribution in [-0.4, -0.2) is 56.3 Å². The van der Waals surface area contributed by atoms with Crippen LogP contribution in [-0.2, 0) is 11.2 Å². The van der Waals surface area contributed by atoms with Gasteiger partial charge in [-0.2, -0.15) is 5.10 Å². The molecule has 0 amide bonds. The first kappa shape index (κ1) is 23.4. The fraction of sp³-hybridized carbons (Fsp3) is 0.500. The quantitative estimate of drug-likeness (QED) is 0.442. The lowest BCUT2D eigenvalue weighted by Gasteiger charge is -2.36. The molecule has 2 aromatic heterocycles. The molecule has 1 aromatic carbocycles. The Morgan fingerprint density at radius 1 is 1.15 bits per heavy atom. The molecule has 6 nitrogen and oxygen atoms in total. The number of fused-ring (bicyclic) bond motifs is 1. The van der Waals surface area contributed by atoms with Gasteiger partial charge >= 0.3 is 0 Å². The smallest absolute Gasteiger partial charge is 0.132 e. The highest BCUT2D eigenvalue weighted by molar-refractivity contribution is 5.82.